The van der Waals surface area contributed by atoms with E-state index in [4.69, 9.17) is 4.74 Å². The number of hydrogen-bond donors (Lipinski definition) is 2. The first-order chi connectivity index (χ1) is 10.3. The molecule has 0 saturated carbocycles. The van der Waals surface area contributed by atoms with Crippen LogP contribution in [0.2, 0.25) is 0 Å². The number of ether oxygens (including phenoxy) is 1. The zero-order valence-electron chi connectivity index (χ0n) is 13.7. The Balaban J connectivity index is 2.12. The normalized spacial score (nSPS) is 12.8. The van der Waals surface area contributed by atoms with Gasteiger partial charge in [0.15, 0.2) is 0 Å². The smallest absolute Gasteiger partial charge is 0.408 e. The molecule has 0 aliphatic rings. The van der Waals surface area contributed by atoms with E-state index < -0.39 is 11.7 Å². The summed E-state index contributed by atoms with van der Waals surface area (Å²) in [6, 6.07) is 9.69. The Kier molecular flexibility index (Phi) is 4.54. The van der Waals surface area contributed by atoms with Crippen molar-refractivity contribution in [2.45, 2.75) is 46.3 Å². The van der Waals surface area contributed by atoms with E-state index in [1.807, 2.05) is 65.0 Å². The topological polar surface area (TPSA) is 67.0 Å². The van der Waals surface area contributed by atoms with E-state index in [1.165, 1.54) is 0 Å². The summed E-state index contributed by atoms with van der Waals surface area (Å²) in [5.74, 6) is 0.710. The maximum Gasteiger partial charge on any atom is 0.408 e. The summed E-state index contributed by atoms with van der Waals surface area (Å²) < 4.78 is 5.26. The summed E-state index contributed by atoms with van der Waals surface area (Å²) in [7, 11) is 0. The Bertz CT molecular complexity index is 642. The van der Waals surface area contributed by atoms with Gasteiger partial charge in [-0.25, -0.2) is 9.78 Å². The molecule has 0 aliphatic carbocycles. The highest BCUT2D eigenvalue weighted by Gasteiger charge is 2.20. The van der Waals surface area contributed by atoms with Crippen LogP contribution in [0.3, 0.4) is 0 Å². The highest BCUT2D eigenvalue weighted by Crippen LogP contribution is 2.23. The van der Waals surface area contributed by atoms with Crippen molar-refractivity contribution in [2.75, 3.05) is 0 Å². The lowest BCUT2D eigenvalue weighted by Crippen LogP contribution is -2.34. The van der Waals surface area contributed by atoms with Crippen molar-refractivity contribution in [3.8, 4) is 11.3 Å². The third-order valence-corrected chi connectivity index (χ3v) is 3.09. The summed E-state index contributed by atoms with van der Waals surface area (Å²) in [5, 5.41) is 2.79. The van der Waals surface area contributed by atoms with E-state index in [-0.39, 0.29) is 6.04 Å². The molecule has 1 atom stereocenters. The summed E-state index contributed by atoms with van der Waals surface area (Å²) in [6.07, 6.45) is -0.449. The fourth-order valence-corrected chi connectivity index (χ4v) is 2.12. The minimum absolute atomic E-state index is 0.258. The molecule has 5 nitrogen and oxygen atoms in total. The molecule has 1 heterocycles. The average Bonchev–Trinajstić information content (AvgIpc) is 2.79. The van der Waals surface area contributed by atoms with Crippen LogP contribution in [0.15, 0.2) is 30.3 Å². The number of imidazole rings is 1. The van der Waals surface area contributed by atoms with Crippen LogP contribution < -0.4 is 5.32 Å². The fraction of sp³-hybridized carbons (Fsp3) is 0.412. The number of carbonyl (C=O) groups excluding carboxylic acids is 1. The zero-order valence-corrected chi connectivity index (χ0v) is 13.7. The second-order valence-corrected chi connectivity index (χ2v) is 6.33. The molecular weight excluding hydrogens is 278 g/mol. The van der Waals surface area contributed by atoms with Gasteiger partial charge in [-0.15, -0.1) is 0 Å². The van der Waals surface area contributed by atoms with Crippen molar-refractivity contribution >= 4 is 6.09 Å². The molecule has 0 fully saturated rings. The van der Waals surface area contributed by atoms with E-state index in [2.05, 4.69) is 15.3 Å². The van der Waals surface area contributed by atoms with Crippen molar-refractivity contribution in [2.24, 2.45) is 0 Å². The number of aryl methyl sites for hydroxylation is 1. The molecule has 22 heavy (non-hydrogen) atoms. The molecule has 1 aromatic heterocycles. The number of nitrogens with zero attached hydrogens (tertiary/aromatic N) is 1. The molecule has 0 aliphatic heterocycles. The van der Waals surface area contributed by atoms with E-state index in [1.54, 1.807) is 0 Å². The van der Waals surface area contributed by atoms with Crippen LogP contribution in [0.5, 0.6) is 0 Å². The van der Waals surface area contributed by atoms with Crippen LogP contribution in [0.4, 0.5) is 4.79 Å². The molecule has 2 N–H and O–H groups in total. The maximum atomic E-state index is 11.8. The van der Waals surface area contributed by atoms with Gasteiger partial charge in [0.2, 0.25) is 0 Å². The number of carbonyl (C=O) groups is 1. The van der Waals surface area contributed by atoms with Gasteiger partial charge in [-0.2, -0.15) is 0 Å². The number of hydrogen-bond acceptors (Lipinski definition) is 3. The Hall–Kier alpha value is -2.30. The minimum Gasteiger partial charge on any atom is -0.444 e. The summed E-state index contributed by atoms with van der Waals surface area (Å²) in [6.45, 7) is 9.35. The van der Waals surface area contributed by atoms with E-state index in [0.717, 1.165) is 17.0 Å². The van der Waals surface area contributed by atoms with Gasteiger partial charge in [0.25, 0.3) is 0 Å². The number of amides is 1. The molecule has 0 radical (unpaired) electrons. The summed E-state index contributed by atoms with van der Waals surface area (Å²) >= 11 is 0. The van der Waals surface area contributed by atoms with Gasteiger partial charge >= 0.3 is 6.09 Å². The van der Waals surface area contributed by atoms with Crippen LogP contribution in [-0.4, -0.2) is 21.7 Å². The standard InChI is InChI=1S/C17H23N3O2/c1-11-14(13-9-7-6-8-10-13)20-15(18-11)12(2)19-16(21)22-17(3,4)5/h6-10,12H,1-5H3,(H,18,20)(H,19,21). The molecular formula is C17H23N3O2. The molecule has 118 valence electrons. The number of aromatic amines is 1. The highest BCUT2D eigenvalue weighted by molar-refractivity contribution is 5.68. The molecule has 1 aromatic carbocycles. The highest BCUT2D eigenvalue weighted by atomic mass is 16.6. The van der Waals surface area contributed by atoms with Crippen molar-refractivity contribution in [1.29, 1.82) is 0 Å². The lowest BCUT2D eigenvalue weighted by molar-refractivity contribution is 0.0506. The number of nitrogens with one attached hydrogen (secondary N) is 2. The number of benzene rings is 1. The second-order valence-electron chi connectivity index (χ2n) is 6.33. The predicted octanol–water partition coefficient (Wildman–Crippen LogP) is 3.97. The van der Waals surface area contributed by atoms with Gasteiger partial charge in [0, 0.05) is 11.3 Å². The van der Waals surface area contributed by atoms with Crippen LogP contribution in [0.1, 0.15) is 45.3 Å². The van der Waals surface area contributed by atoms with Crippen molar-refractivity contribution in [1.82, 2.24) is 15.3 Å². The number of aromatic nitrogens is 2. The van der Waals surface area contributed by atoms with Gasteiger partial charge in [-0.1, -0.05) is 30.3 Å². The van der Waals surface area contributed by atoms with E-state index in [9.17, 15) is 4.79 Å². The molecule has 1 unspecified atom stereocenters. The monoisotopic (exact) mass is 301 g/mol. The third-order valence-electron chi connectivity index (χ3n) is 3.09. The summed E-state index contributed by atoms with van der Waals surface area (Å²) in [4.78, 5) is 19.7. The van der Waals surface area contributed by atoms with Crippen LogP contribution in [0, 0.1) is 6.92 Å². The van der Waals surface area contributed by atoms with Gasteiger partial charge in [0.1, 0.15) is 11.4 Å². The van der Waals surface area contributed by atoms with Gasteiger partial charge in [-0.05, 0) is 34.6 Å². The van der Waals surface area contributed by atoms with Crippen molar-refractivity contribution < 1.29 is 9.53 Å². The van der Waals surface area contributed by atoms with E-state index in [0.29, 0.717) is 5.82 Å². The maximum absolute atomic E-state index is 11.8. The first-order valence-corrected chi connectivity index (χ1v) is 7.37. The third kappa shape index (κ3) is 4.10. The average molecular weight is 301 g/mol. The van der Waals surface area contributed by atoms with Crippen LogP contribution in [0.25, 0.3) is 11.3 Å². The lowest BCUT2D eigenvalue weighted by Gasteiger charge is -2.21. The number of H-pyrrole nitrogens is 1. The van der Waals surface area contributed by atoms with Crippen LogP contribution >= 0.6 is 0 Å². The molecule has 0 bridgehead atoms. The molecule has 2 aromatic rings. The zero-order chi connectivity index (χ0) is 16.3. The first kappa shape index (κ1) is 16.1. The quantitative estimate of drug-likeness (QED) is 0.901. The SMILES string of the molecule is Cc1[nH]c(C(C)NC(=O)OC(C)(C)C)nc1-c1ccccc1. The molecule has 5 heteroatoms. The first-order valence-electron chi connectivity index (χ1n) is 7.37. The van der Waals surface area contributed by atoms with Gasteiger partial charge in [-0.3, -0.25) is 0 Å². The molecule has 2 rings (SSSR count). The summed E-state index contributed by atoms with van der Waals surface area (Å²) in [5.41, 5.74) is 2.40. The molecule has 0 saturated heterocycles. The lowest BCUT2D eigenvalue weighted by atomic mass is 10.1. The number of alkyl carbamates (subject to hydrolysis) is 1. The Morgan fingerprint density at radius 3 is 2.50 bits per heavy atom. The van der Waals surface area contributed by atoms with Gasteiger partial charge < -0.3 is 15.0 Å². The second kappa shape index (κ2) is 6.22. The van der Waals surface area contributed by atoms with Crippen molar-refractivity contribution in [3.05, 3.63) is 41.9 Å². The van der Waals surface area contributed by atoms with Gasteiger partial charge in [0.05, 0.1) is 11.7 Å². The Labute approximate surface area is 131 Å². The van der Waals surface area contributed by atoms with Crippen LogP contribution in [-0.2, 0) is 4.74 Å². The Morgan fingerprint density at radius 2 is 1.91 bits per heavy atom. The molecule has 0 spiro atoms. The Morgan fingerprint density at radius 1 is 1.27 bits per heavy atom. The van der Waals surface area contributed by atoms with E-state index >= 15 is 0 Å². The minimum atomic E-state index is -0.516. The predicted molar refractivity (Wildman–Crippen MR) is 86.5 cm³/mol. The number of rotatable bonds is 3. The fourth-order valence-electron chi connectivity index (χ4n) is 2.12. The molecule has 1 amide bonds. The largest absolute Gasteiger partial charge is 0.444 e. The van der Waals surface area contributed by atoms with Crippen molar-refractivity contribution in [3.63, 3.8) is 0 Å².